The summed E-state index contributed by atoms with van der Waals surface area (Å²) < 4.78 is 38.4. The van der Waals surface area contributed by atoms with E-state index in [2.05, 4.69) is 18.8 Å². The molecule has 0 heterocycles. The maximum absolute atomic E-state index is 12.8. The molecule has 4 nitrogen and oxygen atoms in total. The topological polar surface area (TPSA) is 57.6 Å². The third kappa shape index (κ3) is 8.93. The van der Waals surface area contributed by atoms with Gasteiger partial charge in [-0.15, -0.1) is 0 Å². The van der Waals surface area contributed by atoms with Crippen molar-refractivity contribution >= 4 is 11.9 Å². The average Bonchev–Trinajstić information content (AvgIpc) is 2.80. The van der Waals surface area contributed by atoms with Crippen molar-refractivity contribution in [3.63, 3.8) is 0 Å². The number of carbonyl (C=O) groups excluding carboxylic acids is 1. The molecule has 0 saturated carbocycles. The molecule has 0 spiro atoms. The second kappa shape index (κ2) is 13.4. The summed E-state index contributed by atoms with van der Waals surface area (Å²) in [5.41, 5.74) is 0.969. The van der Waals surface area contributed by atoms with Crippen LogP contribution < -0.4 is 0 Å². The molecule has 0 saturated heterocycles. The van der Waals surface area contributed by atoms with Crippen molar-refractivity contribution in [1.82, 2.24) is 4.90 Å². The lowest BCUT2D eigenvalue weighted by Gasteiger charge is -2.22. The smallest absolute Gasteiger partial charge is 0.416 e. The van der Waals surface area contributed by atoms with E-state index in [0.29, 0.717) is 16.7 Å². The van der Waals surface area contributed by atoms with Crippen molar-refractivity contribution in [3.05, 3.63) is 70.8 Å². The predicted molar refractivity (Wildman–Crippen MR) is 125 cm³/mol. The Kier molecular flexibility index (Phi) is 10.7. The minimum absolute atomic E-state index is 0.0198. The number of benzene rings is 2. The standard InChI is InChI=1S/C27H30F3NO3/c1-2-3-4-5-6-7-8-9-12-22-13-10-11-14-23(22)20-31(25(32)26(33)34)19-21-15-17-24(18-16-21)27(28,29)30/h10-11,13-18H,2-8,19-20H2,1H3,(H,33,34). The number of halogens is 3. The Morgan fingerprint density at radius 1 is 0.912 bits per heavy atom. The SMILES string of the molecule is CCCCCCCCC#Cc1ccccc1CN(Cc1ccc(C(F)(F)F)cc1)C(=O)C(=O)O. The summed E-state index contributed by atoms with van der Waals surface area (Å²) in [6.45, 7) is 2.02. The zero-order valence-corrected chi connectivity index (χ0v) is 19.3. The van der Waals surface area contributed by atoms with E-state index in [1.807, 2.05) is 12.1 Å². The number of carbonyl (C=O) groups is 2. The van der Waals surface area contributed by atoms with Crippen LogP contribution in [0.5, 0.6) is 0 Å². The molecule has 2 rings (SSSR count). The van der Waals surface area contributed by atoms with Gasteiger partial charge in [0, 0.05) is 25.1 Å². The number of carboxylic acids is 1. The summed E-state index contributed by atoms with van der Waals surface area (Å²) in [6.07, 6.45) is 3.31. The summed E-state index contributed by atoms with van der Waals surface area (Å²) in [5, 5.41) is 9.24. The fraction of sp³-hybridized carbons (Fsp3) is 0.407. The summed E-state index contributed by atoms with van der Waals surface area (Å²) in [5.74, 6) is 3.51. The normalized spacial score (nSPS) is 10.9. The lowest BCUT2D eigenvalue weighted by Crippen LogP contribution is -2.35. The van der Waals surface area contributed by atoms with Gasteiger partial charge in [-0.3, -0.25) is 4.79 Å². The van der Waals surface area contributed by atoms with Crippen LogP contribution in [0.25, 0.3) is 0 Å². The first kappa shape index (κ1) is 27.0. The quantitative estimate of drug-likeness (QED) is 0.246. The van der Waals surface area contributed by atoms with E-state index in [1.54, 1.807) is 12.1 Å². The van der Waals surface area contributed by atoms with Crippen LogP contribution in [0.4, 0.5) is 13.2 Å². The number of carboxylic acid groups (broad SMARTS) is 1. The van der Waals surface area contributed by atoms with Gasteiger partial charge in [0.15, 0.2) is 0 Å². The molecule has 0 radical (unpaired) electrons. The number of hydrogen-bond acceptors (Lipinski definition) is 2. The Labute approximate surface area is 198 Å². The molecule has 2 aromatic rings. The fourth-order valence-corrected chi connectivity index (χ4v) is 3.49. The summed E-state index contributed by atoms with van der Waals surface area (Å²) in [7, 11) is 0. The third-order valence-corrected chi connectivity index (χ3v) is 5.38. The van der Waals surface area contributed by atoms with Gasteiger partial charge < -0.3 is 10.0 Å². The Morgan fingerprint density at radius 2 is 1.56 bits per heavy atom. The van der Waals surface area contributed by atoms with Gasteiger partial charge in [-0.1, -0.05) is 81.2 Å². The summed E-state index contributed by atoms with van der Waals surface area (Å²) >= 11 is 0. The molecule has 0 fully saturated rings. The molecule has 0 bridgehead atoms. The highest BCUT2D eigenvalue weighted by molar-refractivity contribution is 6.31. The maximum atomic E-state index is 12.8. The second-order valence-electron chi connectivity index (χ2n) is 8.14. The Bertz CT molecular complexity index is 1000. The first-order valence-electron chi connectivity index (χ1n) is 11.5. The van der Waals surface area contributed by atoms with Crippen LogP contribution in [-0.2, 0) is 28.9 Å². The first-order chi connectivity index (χ1) is 16.2. The average molecular weight is 474 g/mol. The molecular formula is C27H30F3NO3. The molecule has 2 aromatic carbocycles. The van der Waals surface area contributed by atoms with Crippen LogP contribution >= 0.6 is 0 Å². The highest BCUT2D eigenvalue weighted by Crippen LogP contribution is 2.29. The first-order valence-corrected chi connectivity index (χ1v) is 11.5. The van der Waals surface area contributed by atoms with Crippen LogP contribution in [0.15, 0.2) is 48.5 Å². The molecule has 0 atom stereocenters. The zero-order valence-electron chi connectivity index (χ0n) is 19.3. The Balaban J connectivity index is 2.10. The van der Waals surface area contributed by atoms with Crippen molar-refractivity contribution in [3.8, 4) is 11.8 Å². The van der Waals surface area contributed by atoms with Gasteiger partial charge in [0.1, 0.15) is 0 Å². The molecule has 182 valence electrons. The number of amides is 1. The van der Waals surface area contributed by atoms with Crippen molar-refractivity contribution in [1.29, 1.82) is 0 Å². The van der Waals surface area contributed by atoms with Gasteiger partial charge in [0.2, 0.25) is 0 Å². The number of aliphatic carboxylic acids is 1. The minimum atomic E-state index is -4.47. The van der Waals surface area contributed by atoms with E-state index < -0.39 is 23.6 Å². The van der Waals surface area contributed by atoms with Crippen LogP contribution in [0, 0.1) is 11.8 Å². The number of unbranched alkanes of at least 4 members (excludes halogenated alkanes) is 6. The minimum Gasteiger partial charge on any atom is -0.474 e. The van der Waals surface area contributed by atoms with Gasteiger partial charge in [0.25, 0.3) is 0 Å². The summed E-state index contributed by atoms with van der Waals surface area (Å²) in [6, 6.07) is 11.5. The van der Waals surface area contributed by atoms with Gasteiger partial charge in [0.05, 0.1) is 5.56 Å². The van der Waals surface area contributed by atoms with E-state index in [-0.39, 0.29) is 13.1 Å². The highest BCUT2D eigenvalue weighted by Gasteiger charge is 2.30. The molecule has 0 aromatic heterocycles. The monoisotopic (exact) mass is 473 g/mol. The highest BCUT2D eigenvalue weighted by atomic mass is 19.4. The lowest BCUT2D eigenvalue weighted by atomic mass is 10.1. The van der Waals surface area contributed by atoms with Crippen molar-refractivity contribution in [2.45, 2.75) is 71.1 Å². The van der Waals surface area contributed by atoms with Gasteiger partial charge >= 0.3 is 18.1 Å². The number of rotatable bonds is 10. The Hall–Kier alpha value is -3.27. The number of alkyl halides is 3. The largest absolute Gasteiger partial charge is 0.474 e. The molecule has 1 N–H and O–H groups in total. The molecule has 34 heavy (non-hydrogen) atoms. The van der Waals surface area contributed by atoms with Crippen LogP contribution in [-0.4, -0.2) is 21.9 Å². The molecule has 0 unspecified atom stereocenters. The number of hydrogen-bond donors (Lipinski definition) is 1. The van der Waals surface area contributed by atoms with Crippen LogP contribution in [0.1, 0.15) is 74.1 Å². The molecule has 1 amide bonds. The van der Waals surface area contributed by atoms with Crippen molar-refractivity contribution in [2.75, 3.05) is 0 Å². The van der Waals surface area contributed by atoms with E-state index in [0.717, 1.165) is 36.3 Å². The van der Waals surface area contributed by atoms with Crippen LogP contribution in [0.3, 0.4) is 0 Å². The summed E-state index contributed by atoms with van der Waals surface area (Å²) in [4.78, 5) is 24.8. The number of nitrogens with zero attached hydrogens (tertiary/aromatic N) is 1. The van der Waals surface area contributed by atoms with E-state index in [4.69, 9.17) is 0 Å². The van der Waals surface area contributed by atoms with Gasteiger partial charge in [-0.05, 0) is 35.7 Å². The second-order valence-corrected chi connectivity index (χ2v) is 8.14. The fourth-order valence-electron chi connectivity index (χ4n) is 3.49. The van der Waals surface area contributed by atoms with Crippen molar-refractivity contribution < 1.29 is 27.9 Å². The Morgan fingerprint density at radius 3 is 2.21 bits per heavy atom. The predicted octanol–water partition coefficient (Wildman–Crippen LogP) is 6.42. The third-order valence-electron chi connectivity index (χ3n) is 5.38. The van der Waals surface area contributed by atoms with E-state index >= 15 is 0 Å². The molecule has 0 aliphatic rings. The zero-order chi connectivity index (χ0) is 25.0. The van der Waals surface area contributed by atoms with Gasteiger partial charge in [-0.25, -0.2) is 4.79 Å². The van der Waals surface area contributed by atoms with Gasteiger partial charge in [-0.2, -0.15) is 13.2 Å². The van der Waals surface area contributed by atoms with Crippen LogP contribution in [0.2, 0.25) is 0 Å². The molecule has 0 aliphatic carbocycles. The molecule has 0 aliphatic heterocycles. The van der Waals surface area contributed by atoms with Crippen molar-refractivity contribution in [2.24, 2.45) is 0 Å². The lowest BCUT2D eigenvalue weighted by molar-refractivity contribution is -0.156. The molecule has 7 heteroatoms. The van der Waals surface area contributed by atoms with E-state index in [1.165, 1.54) is 37.8 Å². The maximum Gasteiger partial charge on any atom is 0.416 e. The van der Waals surface area contributed by atoms with E-state index in [9.17, 15) is 27.9 Å². The molecular weight excluding hydrogens is 443 g/mol.